The second kappa shape index (κ2) is 4.83. The minimum Gasteiger partial charge on any atom is -0.508 e. The molecule has 1 aromatic carbocycles. The molecule has 1 fully saturated rings. The normalized spacial score (nSPS) is 18.9. The summed E-state index contributed by atoms with van der Waals surface area (Å²) >= 11 is 0. The zero-order chi connectivity index (χ0) is 11.5. The van der Waals surface area contributed by atoms with E-state index >= 15 is 0 Å². The molecule has 1 heterocycles. The van der Waals surface area contributed by atoms with E-state index in [1.165, 1.54) is 12.1 Å². The Morgan fingerprint density at radius 3 is 2.69 bits per heavy atom. The van der Waals surface area contributed by atoms with Crippen molar-refractivity contribution < 1.29 is 9.50 Å². The van der Waals surface area contributed by atoms with Crippen molar-refractivity contribution in [2.24, 2.45) is 0 Å². The first kappa shape index (κ1) is 11.4. The Balaban J connectivity index is 2.10. The molecule has 16 heavy (non-hydrogen) atoms. The summed E-state index contributed by atoms with van der Waals surface area (Å²) in [4.78, 5) is 2.37. The number of phenols is 1. The van der Waals surface area contributed by atoms with E-state index in [0.717, 1.165) is 32.5 Å². The number of aromatic hydroxyl groups is 1. The lowest BCUT2D eigenvalue weighted by Gasteiger charge is -2.31. The third kappa shape index (κ3) is 2.35. The number of phenolic OH excluding ortho intramolecular Hbond substituents is 1. The summed E-state index contributed by atoms with van der Waals surface area (Å²) in [6.07, 6.45) is 1.96. The van der Waals surface area contributed by atoms with Crippen LogP contribution in [0, 0.1) is 5.82 Å². The fourth-order valence-electron chi connectivity index (χ4n) is 2.40. The number of rotatable bonds is 2. The quantitative estimate of drug-likeness (QED) is 0.833. The summed E-state index contributed by atoms with van der Waals surface area (Å²) in [5.74, 6) is 0.233. The van der Waals surface area contributed by atoms with Crippen molar-refractivity contribution in [3.8, 4) is 5.75 Å². The largest absolute Gasteiger partial charge is 0.508 e. The number of halogens is 1. The molecule has 0 unspecified atom stereocenters. The molecule has 2 rings (SSSR count). The van der Waals surface area contributed by atoms with E-state index < -0.39 is 0 Å². The molecule has 0 amide bonds. The van der Waals surface area contributed by atoms with E-state index in [4.69, 9.17) is 0 Å². The van der Waals surface area contributed by atoms with Gasteiger partial charge in [0.1, 0.15) is 11.6 Å². The molecule has 3 heteroatoms. The van der Waals surface area contributed by atoms with Crippen molar-refractivity contribution in [3.63, 3.8) is 0 Å². The Bertz CT molecular complexity index is 359. The van der Waals surface area contributed by atoms with Gasteiger partial charge in [0.05, 0.1) is 0 Å². The smallest absolute Gasteiger partial charge is 0.126 e. The van der Waals surface area contributed by atoms with Crippen molar-refractivity contribution in [2.75, 3.05) is 19.6 Å². The second-order valence-corrected chi connectivity index (χ2v) is 4.41. The molecule has 1 aliphatic heterocycles. The number of piperidine rings is 1. The molecule has 88 valence electrons. The van der Waals surface area contributed by atoms with Crippen LogP contribution in [-0.4, -0.2) is 29.6 Å². The average Bonchev–Trinajstić information content (AvgIpc) is 2.32. The maximum atomic E-state index is 13.6. The van der Waals surface area contributed by atoms with Gasteiger partial charge in [-0.15, -0.1) is 0 Å². The van der Waals surface area contributed by atoms with Crippen LogP contribution in [-0.2, 0) is 0 Å². The molecule has 0 aliphatic carbocycles. The van der Waals surface area contributed by atoms with Crippen LogP contribution in [0.1, 0.15) is 31.2 Å². The van der Waals surface area contributed by atoms with E-state index in [-0.39, 0.29) is 17.5 Å². The highest BCUT2D eigenvalue weighted by atomic mass is 19.1. The predicted molar refractivity (Wildman–Crippen MR) is 62.2 cm³/mol. The summed E-state index contributed by atoms with van der Waals surface area (Å²) < 4.78 is 13.6. The summed E-state index contributed by atoms with van der Waals surface area (Å²) in [6.45, 7) is 5.26. The number of likely N-dealkylation sites (tertiary alicyclic amines) is 1. The molecule has 2 nitrogen and oxygen atoms in total. The monoisotopic (exact) mass is 223 g/mol. The molecule has 0 aromatic heterocycles. The standard InChI is InChI=1S/C13H18FNO/c1-2-15-7-5-10(6-8-15)12-9-11(16)3-4-13(12)14/h3-4,9-10,16H,2,5-8H2,1H3. The van der Waals surface area contributed by atoms with Crippen LogP contribution in [0.15, 0.2) is 18.2 Å². The Morgan fingerprint density at radius 2 is 2.06 bits per heavy atom. The molecule has 1 N–H and O–H groups in total. The van der Waals surface area contributed by atoms with Crippen LogP contribution < -0.4 is 0 Å². The maximum absolute atomic E-state index is 13.6. The number of benzene rings is 1. The predicted octanol–water partition coefficient (Wildman–Crippen LogP) is 2.73. The molecule has 0 radical (unpaired) electrons. The topological polar surface area (TPSA) is 23.5 Å². The maximum Gasteiger partial charge on any atom is 0.126 e. The van der Waals surface area contributed by atoms with Gasteiger partial charge in [-0.05, 0) is 62.2 Å². The van der Waals surface area contributed by atoms with Crippen molar-refractivity contribution in [1.82, 2.24) is 4.90 Å². The van der Waals surface area contributed by atoms with Crippen molar-refractivity contribution in [1.29, 1.82) is 0 Å². The number of hydrogen-bond acceptors (Lipinski definition) is 2. The highest BCUT2D eigenvalue weighted by Gasteiger charge is 2.22. The first-order valence-corrected chi connectivity index (χ1v) is 5.91. The Labute approximate surface area is 95.7 Å². The van der Waals surface area contributed by atoms with Gasteiger partial charge in [0.25, 0.3) is 0 Å². The van der Waals surface area contributed by atoms with Gasteiger partial charge < -0.3 is 10.0 Å². The first-order chi connectivity index (χ1) is 7.70. The Morgan fingerprint density at radius 1 is 1.38 bits per heavy atom. The molecule has 1 saturated heterocycles. The zero-order valence-electron chi connectivity index (χ0n) is 9.62. The van der Waals surface area contributed by atoms with Crippen LogP contribution in [0.5, 0.6) is 5.75 Å². The highest BCUT2D eigenvalue weighted by Crippen LogP contribution is 2.31. The lowest BCUT2D eigenvalue weighted by Crippen LogP contribution is -2.32. The molecule has 0 atom stereocenters. The molecular formula is C13H18FNO. The van der Waals surface area contributed by atoms with Gasteiger partial charge in [0.2, 0.25) is 0 Å². The highest BCUT2D eigenvalue weighted by molar-refractivity contribution is 5.31. The lowest BCUT2D eigenvalue weighted by molar-refractivity contribution is 0.220. The van der Waals surface area contributed by atoms with Crippen molar-refractivity contribution in [2.45, 2.75) is 25.7 Å². The van der Waals surface area contributed by atoms with E-state index in [1.54, 1.807) is 6.07 Å². The number of hydrogen-bond donors (Lipinski definition) is 1. The van der Waals surface area contributed by atoms with Gasteiger partial charge in [-0.1, -0.05) is 6.92 Å². The molecule has 1 aromatic rings. The van der Waals surface area contributed by atoms with Crippen LogP contribution in [0.4, 0.5) is 4.39 Å². The molecule has 1 aliphatic rings. The molecule has 0 spiro atoms. The summed E-state index contributed by atoms with van der Waals surface area (Å²) in [6, 6.07) is 4.33. The van der Waals surface area contributed by atoms with E-state index in [2.05, 4.69) is 11.8 Å². The van der Waals surface area contributed by atoms with Crippen molar-refractivity contribution >= 4 is 0 Å². The minimum atomic E-state index is -0.187. The fourth-order valence-corrected chi connectivity index (χ4v) is 2.40. The molecule has 0 bridgehead atoms. The zero-order valence-corrected chi connectivity index (χ0v) is 9.62. The lowest BCUT2D eigenvalue weighted by atomic mass is 9.89. The SMILES string of the molecule is CCN1CCC(c2cc(O)ccc2F)CC1. The summed E-state index contributed by atoms with van der Waals surface area (Å²) in [5.41, 5.74) is 0.677. The second-order valence-electron chi connectivity index (χ2n) is 4.41. The van der Waals surface area contributed by atoms with E-state index in [0.29, 0.717) is 5.56 Å². The summed E-state index contributed by atoms with van der Waals surface area (Å²) in [7, 11) is 0. The third-order valence-electron chi connectivity index (χ3n) is 3.45. The van der Waals surface area contributed by atoms with Gasteiger partial charge in [-0.3, -0.25) is 0 Å². The molecule has 0 saturated carbocycles. The summed E-state index contributed by atoms with van der Waals surface area (Å²) in [5, 5.41) is 9.39. The Hall–Kier alpha value is -1.09. The molecular weight excluding hydrogens is 205 g/mol. The minimum absolute atomic E-state index is 0.161. The Kier molecular flexibility index (Phi) is 3.44. The van der Waals surface area contributed by atoms with Gasteiger partial charge in [0, 0.05) is 0 Å². The number of nitrogens with zero attached hydrogens (tertiary/aromatic N) is 1. The third-order valence-corrected chi connectivity index (χ3v) is 3.45. The first-order valence-electron chi connectivity index (χ1n) is 5.91. The van der Waals surface area contributed by atoms with E-state index in [9.17, 15) is 9.50 Å². The van der Waals surface area contributed by atoms with Gasteiger partial charge >= 0.3 is 0 Å². The van der Waals surface area contributed by atoms with Crippen LogP contribution >= 0.6 is 0 Å². The van der Waals surface area contributed by atoms with Gasteiger partial charge in [0.15, 0.2) is 0 Å². The van der Waals surface area contributed by atoms with Crippen molar-refractivity contribution in [3.05, 3.63) is 29.6 Å². The van der Waals surface area contributed by atoms with Crippen LogP contribution in [0.3, 0.4) is 0 Å². The van der Waals surface area contributed by atoms with Gasteiger partial charge in [-0.2, -0.15) is 0 Å². The van der Waals surface area contributed by atoms with Gasteiger partial charge in [-0.25, -0.2) is 4.39 Å². The fraction of sp³-hybridized carbons (Fsp3) is 0.538. The average molecular weight is 223 g/mol. The van der Waals surface area contributed by atoms with Crippen LogP contribution in [0.2, 0.25) is 0 Å². The van der Waals surface area contributed by atoms with E-state index in [1.807, 2.05) is 0 Å². The van der Waals surface area contributed by atoms with Crippen LogP contribution in [0.25, 0.3) is 0 Å².